The van der Waals surface area contributed by atoms with Crippen LogP contribution >= 0.6 is 0 Å². The standard InChI is InChI=1S/C26H32N6O3/c1-17(2)14-23(33)27-12-8-9-13-28-24-26-31-30-25(18-10-6-5-7-11-18)32(26)20-16-22(35-4)21(34-3)15-19(20)29-24/h5-7,10-11,15-17H,8-9,12-14H2,1-4H3,(H,27,33)(H,28,29). The van der Waals surface area contributed by atoms with Gasteiger partial charge < -0.3 is 20.1 Å². The van der Waals surface area contributed by atoms with Crippen molar-refractivity contribution in [1.82, 2.24) is 24.9 Å². The zero-order chi connectivity index (χ0) is 24.8. The molecule has 35 heavy (non-hydrogen) atoms. The first-order valence-corrected chi connectivity index (χ1v) is 11.9. The minimum atomic E-state index is 0.104. The first-order valence-electron chi connectivity index (χ1n) is 11.9. The van der Waals surface area contributed by atoms with Gasteiger partial charge in [-0.2, -0.15) is 0 Å². The number of rotatable bonds is 11. The number of amides is 1. The quantitative estimate of drug-likeness (QED) is 0.311. The van der Waals surface area contributed by atoms with Gasteiger partial charge in [0.25, 0.3) is 0 Å². The summed E-state index contributed by atoms with van der Waals surface area (Å²) < 4.78 is 13.0. The number of aromatic nitrogens is 4. The normalized spacial score (nSPS) is 11.2. The third-order valence-electron chi connectivity index (χ3n) is 5.67. The van der Waals surface area contributed by atoms with E-state index in [1.54, 1.807) is 14.2 Å². The molecule has 0 spiro atoms. The van der Waals surface area contributed by atoms with Crippen molar-refractivity contribution in [3.05, 3.63) is 42.5 Å². The SMILES string of the molecule is COc1cc2nc(NCCCCNC(=O)CC(C)C)c3nnc(-c4ccccc4)n3c2cc1OC. The number of hydrogen-bond donors (Lipinski definition) is 2. The number of carbonyl (C=O) groups is 1. The van der Waals surface area contributed by atoms with E-state index in [9.17, 15) is 4.79 Å². The molecule has 9 nitrogen and oxygen atoms in total. The summed E-state index contributed by atoms with van der Waals surface area (Å²) in [5.74, 6) is 3.03. The number of nitrogens with one attached hydrogen (secondary N) is 2. The molecule has 0 atom stereocenters. The van der Waals surface area contributed by atoms with Crippen molar-refractivity contribution in [2.75, 3.05) is 32.6 Å². The van der Waals surface area contributed by atoms with E-state index in [2.05, 4.69) is 20.8 Å². The molecule has 0 aliphatic carbocycles. The van der Waals surface area contributed by atoms with Gasteiger partial charge >= 0.3 is 0 Å². The molecular weight excluding hydrogens is 444 g/mol. The second-order valence-electron chi connectivity index (χ2n) is 8.79. The maximum absolute atomic E-state index is 11.8. The number of nitrogens with zero attached hydrogens (tertiary/aromatic N) is 4. The van der Waals surface area contributed by atoms with Crippen LogP contribution in [0.2, 0.25) is 0 Å². The molecule has 0 bridgehead atoms. The van der Waals surface area contributed by atoms with Crippen molar-refractivity contribution in [2.24, 2.45) is 5.92 Å². The van der Waals surface area contributed by atoms with E-state index in [-0.39, 0.29) is 5.91 Å². The Morgan fingerprint density at radius 3 is 2.43 bits per heavy atom. The lowest BCUT2D eigenvalue weighted by Crippen LogP contribution is -2.25. The van der Waals surface area contributed by atoms with Gasteiger partial charge in [-0.25, -0.2) is 4.98 Å². The molecule has 184 valence electrons. The maximum Gasteiger partial charge on any atom is 0.220 e. The number of methoxy groups -OCH3 is 2. The Hall–Kier alpha value is -3.88. The van der Waals surface area contributed by atoms with Crippen LogP contribution in [-0.4, -0.2) is 52.8 Å². The van der Waals surface area contributed by atoms with Crippen molar-refractivity contribution >= 4 is 28.4 Å². The van der Waals surface area contributed by atoms with Crippen LogP contribution in [0.1, 0.15) is 33.1 Å². The van der Waals surface area contributed by atoms with Crippen LogP contribution in [0.3, 0.4) is 0 Å². The Bertz CT molecular complexity index is 1300. The Kier molecular flexibility index (Phi) is 7.64. The molecule has 0 saturated heterocycles. The molecule has 0 aliphatic rings. The number of anilines is 1. The lowest BCUT2D eigenvalue weighted by molar-refractivity contribution is -0.121. The fourth-order valence-electron chi connectivity index (χ4n) is 3.98. The molecule has 9 heteroatoms. The first-order chi connectivity index (χ1) is 17.0. The smallest absolute Gasteiger partial charge is 0.220 e. The lowest BCUT2D eigenvalue weighted by Gasteiger charge is -2.13. The van der Waals surface area contributed by atoms with Crippen LogP contribution in [-0.2, 0) is 4.79 Å². The van der Waals surface area contributed by atoms with Crippen molar-refractivity contribution < 1.29 is 14.3 Å². The summed E-state index contributed by atoms with van der Waals surface area (Å²) in [5, 5.41) is 15.3. The van der Waals surface area contributed by atoms with Crippen LogP contribution in [0.15, 0.2) is 42.5 Å². The maximum atomic E-state index is 11.8. The van der Waals surface area contributed by atoms with Crippen LogP contribution in [0.5, 0.6) is 11.5 Å². The van der Waals surface area contributed by atoms with E-state index < -0.39 is 0 Å². The molecule has 4 aromatic rings. The number of fused-ring (bicyclic) bond motifs is 3. The Balaban J connectivity index is 1.61. The van der Waals surface area contributed by atoms with E-state index in [0.717, 1.165) is 35.3 Å². The average Bonchev–Trinajstić information content (AvgIpc) is 3.31. The summed E-state index contributed by atoms with van der Waals surface area (Å²) in [6.07, 6.45) is 2.30. The summed E-state index contributed by atoms with van der Waals surface area (Å²) >= 11 is 0. The first kappa shape index (κ1) is 24.3. The van der Waals surface area contributed by atoms with Crippen molar-refractivity contribution in [3.63, 3.8) is 0 Å². The summed E-state index contributed by atoms with van der Waals surface area (Å²) in [7, 11) is 3.22. The fourth-order valence-corrected chi connectivity index (χ4v) is 3.98. The summed E-state index contributed by atoms with van der Waals surface area (Å²) in [5.41, 5.74) is 3.13. The number of unbranched alkanes of at least 4 members (excludes halogenated alkanes) is 1. The number of benzene rings is 2. The summed E-state index contributed by atoms with van der Waals surface area (Å²) in [6.45, 7) is 5.43. The zero-order valence-electron chi connectivity index (χ0n) is 20.7. The monoisotopic (exact) mass is 476 g/mol. The molecule has 0 fully saturated rings. The highest BCUT2D eigenvalue weighted by Gasteiger charge is 2.18. The Morgan fingerprint density at radius 2 is 1.71 bits per heavy atom. The molecule has 2 aromatic carbocycles. The van der Waals surface area contributed by atoms with Crippen LogP contribution in [0.25, 0.3) is 28.1 Å². The van der Waals surface area contributed by atoms with Gasteiger partial charge in [0.1, 0.15) is 0 Å². The molecule has 0 unspecified atom stereocenters. The minimum absolute atomic E-state index is 0.104. The summed E-state index contributed by atoms with van der Waals surface area (Å²) in [6, 6.07) is 13.7. The molecule has 2 heterocycles. The number of carbonyl (C=O) groups excluding carboxylic acids is 1. The number of ether oxygens (including phenoxy) is 2. The third-order valence-corrected chi connectivity index (χ3v) is 5.67. The van der Waals surface area contributed by atoms with Crippen LogP contribution in [0.4, 0.5) is 5.82 Å². The molecule has 4 rings (SSSR count). The van der Waals surface area contributed by atoms with Gasteiger partial charge in [-0.3, -0.25) is 9.20 Å². The van der Waals surface area contributed by atoms with E-state index in [1.807, 2.05) is 60.7 Å². The highest BCUT2D eigenvalue weighted by Crippen LogP contribution is 2.34. The summed E-state index contributed by atoms with van der Waals surface area (Å²) in [4.78, 5) is 16.7. The third kappa shape index (κ3) is 5.45. The predicted octanol–water partition coefficient (Wildman–Crippen LogP) is 4.32. The highest BCUT2D eigenvalue weighted by molar-refractivity contribution is 5.87. The highest BCUT2D eigenvalue weighted by atomic mass is 16.5. The van der Waals surface area contributed by atoms with Gasteiger partial charge in [0.15, 0.2) is 23.1 Å². The molecule has 0 radical (unpaired) electrons. The van der Waals surface area contributed by atoms with Crippen LogP contribution < -0.4 is 20.1 Å². The van der Waals surface area contributed by atoms with Crippen LogP contribution in [0, 0.1) is 5.92 Å². The molecule has 2 aromatic heterocycles. The second kappa shape index (κ2) is 11.0. The molecule has 2 N–H and O–H groups in total. The van der Waals surface area contributed by atoms with Gasteiger partial charge in [0.05, 0.1) is 25.3 Å². The fraction of sp³-hybridized carbons (Fsp3) is 0.385. The molecular formula is C26H32N6O3. The topological polar surface area (TPSA) is 103 Å². The van der Waals surface area contributed by atoms with Gasteiger partial charge in [-0.1, -0.05) is 44.2 Å². The van der Waals surface area contributed by atoms with Gasteiger partial charge in [-0.05, 0) is 18.8 Å². The Labute approximate surface area is 204 Å². The van der Waals surface area contributed by atoms with Crippen molar-refractivity contribution in [3.8, 4) is 22.9 Å². The van der Waals surface area contributed by atoms with E-state index in [1.165, 1.54) is 0 Å². The van der Waals surface area contributed by atoms with Crippen molar-refractivity contribution in [1.29, 1.82) is 0 Å². The van der Waals surface area contributed by atoms with E-state index in [0.29, 0.717) is 48.4 Å². The molecule has 0 aliphatic heterocycles. The zero-order valence-corrected chi connectivity index (χ0v) is 20.7. The number of hydrogen-bond acceptors (Lipinski definition) is 7. The van der Waals surface area contributed by atoms with Gasteiger partial charge in [0, 0.05) is 37.2 Å². The van der Waals surface area contributed by atoms with Gasteiger partial charge in [-0.15, -0.1) is 10.2 Å². The second-order valence-corrected chi connectivity index (χ2v) is 8.79. The van der Waals surface area contributed by atoms with Crippen molar-refractivity contribution in [2.45, 2.75) is 33.1 Å². The average molecular weight is 477 g/mol. The molecule has 0 saturated carbocycles. The largest absolute Gasteiger partial charge is 0.493 e. The predicted molar refractivity (Wildman–Crippen MR) is 137 cm³/mol. The molecule has 1 amide bonds. The van der Waals surface area contributed by atoms with E-state index >= 15 is 0 Å². The minimum Gasteiger partial charge on any atom is -0.493 e. The Morgan fingerprint density at radius 1 is 1.00 bits per heavy atom. The van der Waals surface area contributed by atoms with E-state index in [4.69, 9.17) is 14.5 Å². The van der Waals surface area contributed by atoms with Gasteiger partial charge in [0.2, 0.25) is 11.6 Å². The lowest BCUT2D eigenvalue weighted by atomic mass is 10.1.